The van der Waals surface area contributed by atoms with Gasteiger partial charge in [0.05, 0.1) is 6.42 Å². The van der Waals surface area contributed by atoms with Crippen molar-refractivity contribution in [2.45, 2.75) is 39.7 Å². The van der Waals surface area contributed by atoms with Gasteiger partial charge in [0.15, 0.2) is 0 Å². The molecule has 0 amide bonds. The molecule has 1 rings (SSSR count). The van der Waals surface area contributed by atoms with Gasteiger partial charge in [0.2, 0.25) is 5.95 Å². The van der Waals surface area contributed by atoms with E-state index < -0.39 is 5.97 Å². The minimum absolute atomic E-state index is 0.0462. The van der Waals surface area contributed by atoms with Crippen LogP contribution in [0.2, 0.25) is 0 Å². The Hall–Kier alpha value is -1.85. The molecule has 0 aromatic carbocycles. The van der Waals surface area contributed by atoms with Crippen LogP contribution in [0.5, 0.6) is 0 Å². The number of carbonyl (C=O) groups is 1. The number of anilines is 2. The van der Waals surface area contributed by atoms with E-state index in [1.54, 1.807) is 17.2 Å². The standard InChI is InChI=1S/C14H24N4O2/c1-14(2,3)9-10(8-12(19)20)16-11-6-7-15-13(17-11)18(4)5/h6-7,10H,8-9H2,1-5H3,(H,19,20)(H,15,16,17). The number of nitrogens with one attached hydrogen (secondary N) is 1. The van der Waals surface area contributed by atoms with Crippen molar-refractivity contribution >= 4 is 17.7 Å². The number of hydrogen-bond donors (Lipinski definition) is 2. The molecule has 0 aliphatic rings. The molecule has 0 saturated heterocycles. The van der Waals surface area contributed by atoms with Crippen molar-refractivity contribution in [1.29, 1.82) is 0 Å². The molecule has 1 aromatic heterocycles. The van der Waals surface area contributed by atoms with Crippen LogP contribution in [0, 0.1) is 5.41 Å². The van der Waals surface area contributed by atoms with Crippen LogP contribution in [-0.4, -0.2) is 41.2 Å². The SMILES string of the molecule is CN(C)c1nccc(NC(CC(=O)O)CC(C)(C)C)n1. The van der Waals surface area contributed by atoms with Crippen LogP contribution < -0.4 is 10.2 Å². The van der Waals surface area contributed by atoms with Gasteiger partial charge in [-0.05, 0) is 17.9 Å². The Bertz CT molecular complexity index is 455. The highest BCUT2D eigenvalue weighted by atomic mass is 16.4. The van der Waals surface area contributed by atoms with Crippen LogP contribution in [0.15, 0.2) is 12.3 Å². The van der Waals surface area contributed by atoms with Crippen LogP contribution in [-0.2, 0) is 4.79 Å². The van der Waals surface area contributed by atoms with Crippen LogP contribution in [0.3, 0.4) is 0 Å². The first-order valence-corrected chi connectivity index (χ1v) is 6.66. The Morgan fingerprint density at radius 2 is 2.10 bits per heavy atom. The van der Waals surface area contributed by atoms with Crippen molar-refractivity contribution in [2.75, 3.05) is 24.3 Å². The Morgan fingerprint density at radius 1 is 1.45 bits per heavy atom. The van der Waals surface area contributed by atoms with E-state index in [4.69, 9.17) is 5.11 Å². The zero-order chi connectivity index (χ0) is 15.3. The molecule has 1 atom stereocenters. The number of hydrogen-bond acceptors (Lipinski definition) is 5. The molecule has 0 bridgehead atoms. The van der Waals surface area contributed by atoms with Gasteiger partial charge < -0.3 is 15.3 Å². The van der Waals surface area contributed by atoms with Crippen LogP contribution in [0.4, 0.5) is 11.8 Å². The lowest BCUT2D eigenvalue weighted by atomic mass is 9.87. The van der Waals surface area contributed by atoms with Crippen molar-refractivity contribution < 1.29 is 9.90 Å². The summed E-state index contributed by atoms with van der Waals surface area (Å²) in [7, 11) is 3.73. The van der Waals surface area contributed by atoms with E-state index in [0.29, 0.717) is 11.8 Å². The highest BCUT2D eigenvalue weighted by molar-refractivity contribution is 5.68. The van der Waals surface area contributed by atoms with Crippen LogP contribution >= 0.6 is 0 Å². The lowest BCUT2D eigenvalue weighted by molar-refractivity contribution is -0.137. The maximum absolute atomic E-state index is 11.0. The van der Waals surface area contributed by atoms with E-state index in [-0.39, 0.29) is 17.9 Å². The number of carboxylic acids is 1. The van der Waals surface area contributed by atoms with E-state index >= 15 is 0 Å². The second kappa shape index (κ2) is 6.54. The van der Waals surface area contributed by atoms with Crippen molar-refractivity contribution in [3.8, 4) is 0 Å². The molecule has 1 unspecified atom stereocenters. The fourth-order valence-electron chi connectivity index (χ4n) is 1.98. The summed E-state index contributed by atoms with van der Waals surface area (Å²) in [4.78, 5) is 21.3. The summed E-state index contributed by atoms with van der Waals surface area (Å²) in [5.41, 5.74) is 0.0462. The molecule has 0 aliphatic carbocycles. The summed E-state index contributed by atoms with van der Waals surface area (Å²) in [6, 6.07) is 1.60. The summed E-state index contributed by atoms with van der Waals surface area (Å²) in [5, 5.41) is 12.2. The van der Waals surface area contributed by atoms with Gasteiger partial charge in [-0.2, -0.15) is 4.98 Å². The second-order valence-electron chi connectivity index (χ2n) is 6.34. The summed E-state index contributed by atoms with van der Waals surface area (Å²) in [6.07, 6.45) is 2.48. The number of carboxylic acid groups (broad SMARTS) is 1. The first-order valence-electron chi connectivity index (χ1n) is 6.66. The molecule has 0 fully saturated rings. The third-order valence-electron chi connectivity index (χ3n) is 2.67. The van der Waals surface area contributed by atoms with E-state index in [1.165, 1.54) is 0 Å². The summed E-state index contributed by atoms with van der Waals surface area (Å²) >= 11 is 0. The lowest BCUT2D eigenvalue weighted by Gasteiger charge is -2.26. The summed E-state index contributed by atoms with van der Waals surface area (Å²) < 4.78 is 0. The molecule has 112 valence electrons. The Labute approximate surface area is 120 Å². The Balaban J connectivity index is 2.83. The lowest BCUT2D eigenvalue weighted by Crippen LogP contribution is -2.29. The van der Waals surface area contributed by atoms with Gasteiger partial charge in [0.25, 0.3) is 0 Å². The first-order chi connectivity index (χ1) is 9.17. The van der Waals surface area contributed by atoms with Gasteiger partial charge in [-0.1, -0.05) is 20.8 Å². The smallest absolute Gasteiger partial charge is 0.305 e. The zero-order valence-electron chi connectivity index (χ0n) is 12.8. The molecule has 0 radical (unpaired) electrons. The molecule has 20 heavy (non-hydrogen) atoms. The van der Waals surface area contributed by atoms with Gasteiger partial charge >= 0.3 is 5.97 Å². The fraction of sp³-hybridized carbons (Fsp3) is 0.643. The van der Waals surface area contributed by atoms with E-state index in [2.05, 4.69) is 36.1 Å². The number of rotatable bonds is 6. The molecular formula is C14H24N4O2. The van der Waals surface area contributed by atoms with Gasteiger partial charge in [0.1, 0.15) is 5.82 Å². The monoisotopic (exact) mass is 280 g/mol. The van der Waals surface area contributed by atoms with Gasteiger partial charge in [0, 0.05) is 26.3 Å². The largest absolute Gasteiger partial charge is 0.481 e. The van der Waals surface area contributed by atoms with Crippen molar-refractivity contribution in [1.82, 2.24) is 9.97 Å². The van der Waals surface area contributed by atoms with Gasteiger partial charge in [-0.3, -0.25) is 4.79 Å². The van der Waals surface area contributed by atoms with Crippen molar-refractivity contribution in [2.24, 2.45) is 5.41 Å². The molecular weight excluding hydrogens is 256 g/mol. The van der Waals surface area contributed by atoms with Crippen molar-refractivity contribution in [3.05, 3.63) is 12.3 Å². The first kappa shape index (κ1) is 16.2. The van der Waals surface area contributed by atoms with Crippen LogP contribution in [0.25, 0.3) is 0 Å². The van der Waals surface area contributed by atoms with E-state index in [1.807, 2.05) is 14.1 Å². The fourth-order valence-corrected chi connectivity index (χ4v) is 1.98. The summed E-state index contributed by atoms with van der Waals surface area (Å²) in [6.45, 7) is 6.28. The highest BCUT2D eigenvalue weighted by Gasteiger charge is 2.21. The van der Waals surface area contributed by atoms with E-state index in [9.17, 15) is 4.79 Å². The van der Waals surface area contributed by atoms with Crippen molar-refractivity contribution in [3.63, 3.8) is 0 Å². The molecule has 6 heteroatoms. The van der Waals surface area contributed by atoms with E-state index in [0.717, 1.165) is 6.42 Å². The molecule has 0 saturated carbocycles. The second-order valence-corrected chi connectivity index (χ2v) is 6.34. The highest BCUT2D eigenvalue weighted by Crippen LogP contribution is 2.24. The van der Waals surface area contributed by atoms with Gasteiger partial charge in [-0.15, -0.1) is 0 Å². The normalized spacial score (nSPS) is 12.8. The minimum atomic E-state index is -0.811. The van der Waals surface area contributed by atoms with Crippen LogP contribution in [0.1, 0.15) is 33.6 Å². The molecule has 1 heterocycles. The molecule has 0 spiro atoms. The minimum Gasteiger partial charge on any atom is -0.481 e. The predicted octanol–water partition coefficient (Wildman–Crippen LogP) is 2.23. The predicted molar refractivity (Wildman–Crippen MR) is 80.1 cm³/mol. The number of aliphatic carboxylic acids is 1. The summed E-state index contributed by atoms with van der Waals surface area (Å²) in [5.74, 6) is 0.438. The third kappa shape index (κ3) is 5.86. The molecule has 0 aliphatic heterocycles. The van der Waals surface area contributed by atoms with Gasteiger partial charge in [-0.25, -0.2) is 4.98 Å². The number of nitrogens with zero attached hydrogens (tertiary/aromatic N) is 3. The maximum atomic E-state index is 11.0. The molecule has 1 aromatic rings. The zero-order valence-corrected chi connectivity index (χ0v) is 12.8. The third-order valence-corrected chi connectivity index (χ3v) is 2.67. The topological polar surface area (TPSA) is 78.4 Å². The molecule has 2 N–H and O–H groups in total. The average Bonchev–Trinajstić information content (AvgIpc) is 2.25. The molecule has 6 nitrogen and oxygen atoms in total. The average molecular weight is 280 g/mol. The Morgan fingerprint density at radius 3 is 2.60 bits per heavy atom. The maximum Gasteiger partial charge on any atom is 0.305 e. The Kier molecular flexibility index (Phi) is 5.30. The quantitative estimate of drug-likeness (QED) is 0.832. The number of aromatic nitrogens is 2.